The van der Waals surface area contributed by atoms with Crippen molar-refractivity contribution in [3.63, 3.8) is 0 Å². The largest absolute Gasteiger partial charge is 0.478 e. The highest BCUT2D eigenvalue weighted by molar-refractivity contribution is 6.34. The van der Waals surface area contributed by atoms with E-state index in [9.17, 15) is 9.59 Å². The average molecular weight is 285 g/mol. The van der Waals surface area contributed by atoms with Crippen LogP contribution in [0.25, 0.3) is 0 Å². The summed E-state index contributed by atoms with van der Waals surface area (Å²) in [6, 6.07) is 3.91. The molecule has 0 spiro atoms. The van der Waals surface area contributed by atoms with Crippen LogP contribution < -0.4 is 11.1 Å². The van der Waals surface area contributed by atoms with Gasteiger partial charge in [0, 0.05) is 12.5 Å². The zero-order valence-corrected chi connectivity index (χ0v) is 11.6. The van der Waals surface area contributed by atoms with Crippen LogP contribution in [0.5, 0.6) is 0 Å². The van der Waals surface area contributed by atoms with Crippen molar-refractivity contribution in [1.29, 1.82) is 0 Å². The molecule has 0 heterocycles. The number of carboxylic acid groups (broad SMARTS) is 1. The Morgan fingerprint density at radius 3 is 2.53 bits per heavy atom. The summed E-state index contributed by atoms with van der Waals surface area (Å²) in [7, 11) is 0. The van der Waals surface area contributed by atoms with Crippen LogP contribution in [-0.2, 0) is 4.79 Å². The first-order chi connectivity index (χ1) is 8.81. The summed E-state index contributed by atoms with van der Waals surface area (Å²) >= 11 is 5.91. The van der Waals surface area contributed by atoms with Crippen LogP contribution in [0.3, 0.4) is 0 Å². The molecule has 1 atom stereocenters. The number of aromatic carboxylic acids is 1. The van der Waals surface area contributed by atoms with E-state index in [1.807, 2.05) is 13.8 Å². The summed E-state index contributed by atoms with van der Waals surface area (Å²) in [5, 5.41) is 11.6. The summed E-state index contributed by atoms with van der Waals surface area (Å²) in [6.07, 6.45) is 0.189. The fourth-order valence-corrected chi connectivity index (χ4v) is 1.63. The number of halogens is 1. The SMILES string of the molecule is CC(C)C(N)CC(=O)Nc1ccc(C(=O)O)cc1Cl. The number of rotatable bonds is 5. The lowest BCUT2D eigenvalue weighted by molar-refractivity contribution is -0.116. The van der Waals surface area contributed by atoms with Crippen molar-refractivity contribution >= 4 is 29.2 Å². The summed E-state index contributed by atoms with van der Waals surface area (Å²) in [4.78, 5) is 22.5. The molecule has 0 aliphatic carbocycles. The third kappa shape index (κ3) is 4.54. The molecule has 6 heteroatoms. The molecule has 104 valence electrons. The number of amides is 1. The van der Waals surface area contributed by atoms with E-state index in [1.165, 1.54) is 18.2 Å². The Bertz CT molecular complexity index is 489. The number of hydrogen-bond donors (Lipinski definition) is 3. The number of carbonyl (C=O) groups is 2. The standard InChI is InChI=1S/C13H17ClN2O3/c1-7(2)10(15)6-12(17)16-11-4-3-8(13(18)19)5-9(11)14/h3-5,7,10H,6,15H2,1-2H3,(H,16,17)(H,18,19). The molecule has 0 saturated carbocycles. The van der Waals surface area contributed by atoms with Gasteiger partial charge in [-0.15, -0.1) is 0 Å². The predicted molar refractivity (Wildman–Crippen MR) is 74.5 cm³/mol. The molecular formula is C13H17ClN2O3. The van der Waals surface area contributed by atoms with Crippen molar-refractivity contribution in [2.24, 2.45) is 11.7 Å². The number of hydrogen-bond acceptors (Lipinski definition) is 3. The molecule has 1 aromatic carbocycles. The topological polar surface area (TPSA) is 92.4 Å². The molecule has 1 aromatic rings. The van der Waals surface area contributed by atoms with Gasteiger partial charge >= 0.3 is 5.97 Å². The van der Waals surface area contributed by atoms with Gasteiger partial charge in [0.1, 0.15) is 0 Å². The van der Waals surface area contributed by atoms with E-state index in [-0.39, 0.29) is 34.9 Å². The van der Waals surface area contributed by atoms with Crippen LogP contribution in [0.4, 0.5) is 5.69 Å². The van der Waals surface area contributed by atoms with Crippen LogP contribution >= 0.6 is 11.6 Å². The molecular weight excluding hydrogens is 268 g/mol. The highest BCUT2D eigenvalue weighted by atomic mass is 35.5. The molecule has 0 saturated heterocycles. The minimum Gasteiger partial charge on any atom is -0.478 e. The Morgan fingerprint density at radius 1 is 1.42 bits per heavy atom. The number of nitrogens with two attached hydrogens (primary N) is 1. The van der Waals surface area contributed by atoms with E-state index < -0.39 is 5.97 Å². The van der Waals surface area contributed by atoms with Gasteiger partial charge in [0.15, 0.2) is 0 Å². The fourth-order valence-electron chi connectivity index (χ4n) is 1.40. The molecule has 0 aromatic heterocycles. The molecule has 0 bridgehead atoms. The van der Waals surface area contributed by atoms with Gasteiger partial charge in [-0.2, -0.15) is 0 Å². The Hall–Kier alpha value is -1.59. The van der Waals surface area contributed by atoms with Gasteiger partial charge in [-0.25, -0.2) is 4.79 Å². The van der Waals surface area contributed by atoms with E-state index in [1.54, 1.807) is 0 Å². The quantitative estimate of drug-likeness (QED) is 0.774. The number of benzene rings is 1. The number of anilines is 1. The summed E-state index contributed by atoms with van der Waals surface area (Å²) in [5.41, 5.74) is 6.25. The Kier molecular flexibility index (Phi) is 5.32. The fraction of sp³-hybridized carbons (Fsp3) is 0.385. The van der Waals surface area contributed by atoms with Crippen LogP contribution in [0, 0.1) is 5.92 Å². The van der Waals surface area contributed by atoms with Gasteiger partial charge in [0.2, 0.25) is 5.91 Å². The van der Waals surface area contributed by atoms with Crippen LogP contribution in [0.15, 0.2) is 18.2 Å². The van der Waals surface area contributed by atoms with Crippen molar-refractivity contribution < 1.29 is 14.7 Å². The van der Waals surface area contributed by atoms with Gasteiger partial charge in [-0.3, -0.25) is 4.79 Å². The van der Waals surface area contributed by atoms with Crippen LogP contribution in [0.2, 0.25) is 5.02 Å². The molecule has 0 radical (unpaired) electrons. The van der Waals surface area contributed by atoms with Gasteiger partial charge in [0.05, 0.1) is 16.3 Å². The first-order valence-corrected chi connectivity index (χ1v) is 6.27. The molecule has 0 aliphatic rings. The lowest BCUT2D eigenvalue weighted by Gasteiger charge is -2.15. The zero-order chi connectivity index (χ0) is 14.6. The Morgan fingerprint density at radius 2 is 2.05 bits per heavy atom. The second-order valence-corrected chi connectivity index (χ2v) is 5.07. The van der Waals surface area contributed by atoms with Gasteiger partial charge in [-0.05, 0) is 24.1 Å². The van der Waals surface area contributed by atoms with Crippen LogP contribution in [0.1, 0.15) is 30.6 Å². The first kappa shape index (κ1) is 15.5. The second kappa shape index (κ2) is 6.54. The summed E-state index contributed by atoms with van der Waals surface area (Å²) < 4.78 is 0. The third-order valence-electron chi connectivity index (χ3n) is 2.77. The third-order valence-corrected chi connectivity index (χ3v) is 3.08. The van der Waals surface area contributed by atoms with Gasteiger partial charge < -0.3 is 16.2 Å². The second-order valence-electron chi connectivity index (χ2n) is 4.66. The molecule has 5 nitrogen and oxygen atoms in total. The zero-order valence-electron chi connectivity index (χ0n) is 10.8. The monoisotopic (exact) mass is 284 g/mol. The minimum absolute atomic E-state index is 0.0712. The molecule has 1 amide bonds. The normalized spacial score (nSPS) is 12.3. The number of carboxylic acids is 1. The smallest absolute Gasteiger partial charge is 0.335 e. The average Bonchev–Trinajstić information content (AvgIpc) is 2.31. The molecule has 0 aliphatic heterocycles. The summed E-state index contributed by atoms with van der Waals surface area (Å²) in [6.45, 7) is 3.87. The van der Waals surface area contributed by atoms with E-state index in [0.29, 0.717) is 5.69 Å². The number of carbonyl (C=O) groups excluding carboxylic acids is 1. The molecule has 0 fully saturated rings. The first-order valence-electron chi connectivity index (χ1n) is 5.89. The van der Waals surface area contributed by atoms with Crippen LogP contribution in [-0.4, -0.2) is 23.0 Å². The maximum Gasteiger partial charge on any atom is 0.335 e. The van der Waals surface area contributed by atoms with E-state index >= 15 is 0 Å². The van der Waals surface area contributed by atoms with Crippen molar-refractivity contribution in [3.05, 3.63) is 28.8 Å². The van der Waals surface area contributed by atoms with Crippen molar-refractivity contribution in [1.82, 2.24) is 0 Å². The molecule has 1 unspecified atom stereocenters. The van der Waals surface area contributed by atoms with Crippen molar-refractivity contribution in [3.8, 4) is 0 Å². The number of nitrogens with one attached hydrogen (secondary N) is 1. The minimum atomic E-state index is -1.07. The van der Waals surface area contributed by atoms with Gasteiger partial charge in [-0.1, -0.05) is 25.4 Å². The molecule has 4 N–H and O–H groups in total. The lowest BCUT2D eigenvalue weighted by atomic mass is 10.0. The predicted octanol–water partition coefficient (Wildman–Crippen LogP) is 2.35. The molecule has 1 rings (SSSR count). The lowest BCUT2D eigenvalue weighted by Crippen LogP contribution is -2.31. The highest BCUT2D eigenvalue weighted by Crippen LogP contribution is 2.23. The van der Waals surface area contributed by atoms with E-state index in [0.717, 1.165) is 0 Å². The Balaban J connectivity index is 2.72. The van der Waals surface area contributed by atoms with E-state index in [2.05, 4.69) is 5.32 Å². The highest BCUT2D eigenvalue weighted by Gasteiger charge is 2.14. The van der Waals surface area contributed by atoms with E-state index in [4.69, 9.17) is 22.4 Å². The van der Waals surface area contributed by atoms with Gasteiger partial charge in [0.25, 0.3) is 0 Å². The van der Waals surface area contributed by atoms with Crippen molar-refractivity contribution in [2.75, 3.05) is 5.32 Å². The molecule has 19 heavy (non-hydrogen) atoms. The van der Waals surface area contributed by atoms with Crippen molar-refractivity contribution in [2.45, 2.75) is 26.3 Å². The maximum atomic E-state index is 11.7. The summed E-state index contributed by atoms with van der Waals surface area (Å²) in [5.74, 6) is -1.11. The Labute approximate surface area is 116 Å². The maximum absolute atomic E-state index is 11.7.